The summed E-state index contributed by atoms with van der Waals surface area (Å²) in [6, 6.07) is 2.46. The van der Waals surface area contributed by atoms with Gasteiger partial charge in [0, 0.05) is 44.5 Å². The van der Waals surface area contributed by atoms with E-state index in [1.165, 1.54) is 25.0 Å². The maximum atomic E-state index is 12.2. The average Bonchev–Trinajstić information content (AvgIpc) is 3.27. The molecule has 0 atom stereocenters. The Labute approximate surface area is 172 Å². The number of aryl methyl sites for hydroxylation is 1. The molecule has 3 heterocycles. The number of carbonyl (C=O) groups is 1. The Bertz CT molecular complexity index is 715. The van der Waals surface area contributed by atoms with Gasteiger partial charge in [-0.1, -0.05) is 19.3 Å². The van der Waals surface area contributed by atoms with Crippen LogP contribution < -0.4 is 10.6 Å². The maximum absolute atomic E-state index is 12.2. The van der Waals surface area contributed by atoms with E-state index in [1.807, 2.05) is 15.4 Å². The second kappa shape index (κ2) is 10.1. The molecule has 0 aromatic carbocycles. The number of hydrogen-bond donors (Lipinski definition) is 2. The summed E-state index contributed by atoms with van der Waals surface area (Å²) in [5, 5.41) is 11.2. The van der Waals surface area contributed by atoms with Crippen LogP contribution in [0.5, 0.6) is 0 Å². The Morgan fingerprint density at radius 2 is 2.07 bits per heavy atom. The van der Waals surface area contributed by atoms with Crippen LogP contribution in [0.4, 0.5) is 0 Å². The number of rotatable bonds is 5. The molecule has 1 fully saturated rings. The zero-order chi connectivity index (χ0) is 17.1. The molecular formula is C18H28Cl2N6O. The zero-order valence-corrected chi connectivity index (χ0v) is 17.0. The topological polar surface area (TPSA) is 76.8 Å². The number of amides is 1. The Morgan fingerprint density at radius 1 is 1.26 bits per heavy atom. The van der Waals surface area contributed by atoms with Gasteiger partial charge in [-0.25, -0.2) is 4.98 Å². The molecule has 2 aromatic rings. The van der Waals surface area contributed by atoms with Crippen molar-refractivity contribution in [1.29, 1.82) is 0 Å². The van der Waals surface area contributed by atoms with Crippen LogP contribution in [-0.4, -0.2) is 37.8 Å². The van der Waals surface area contributed by atoms with Crippen molar-refractivity contribution in [2.24, 2.45) is 0 Å². The van der Waals surface area contributed by atoms with Crippen molar-refractivity contribution in [2.75, 3.05) is 6.54 Å². The molecule has 1 amide bonds. The van der Waals surface area contributed by atoms with E-state index in [0.717, 1.165) is 44.0 Å². The summed E-state index contributed by atoms with van der Waals surface area (Å²) in [5.74, 6) is 0.979. The maximum Gasteiger partial charge on any atom is 0.222 e. The zero-order valence-electron chi connectivity index (χ0n) is 15.4. The number of nitrogens with zero attached hydrogens (tertiary/aromatic N) is 4. The largest absolute Gasteiger partial charge is 0.353 e. The molecule has 2 N–H and O–H groups in total. The molecule has 0 radical (unpaired) electrons. The lowest BCUT2D eigenvalue weighted by atomic mass is 9.95. The van der Waals surface area contributed by atoms with Crippen molar-refractivity contribution >= 4 is 30.7 Å². The molecule has 27 heavy (non-hydrogen) atoms. The molecule has 150 valence electrons. The molecule has 1 aliphatic carbocycles. The van der Waals surface area contributed by atoms with Crippen LogP contribution in [0.1, 0.15) is 44.2 Å². The molecule has 2 aromatic heterocycles. The fourth-order valence-electron chi connectivity index (χ4n) is 3.79. The van der Waals surface area contributed by atoms with Crippen LogP contribution >= 0.6 is 24.8 Å². The normalized spacial score (nSPS) is 16.7. The minimum atomic E-state index is 0. The first kappa shape index (κ1) is 21.7. The van der Waals surface area contributed by atoms with E-state index in [-0.39, 0.29) is 30.7 Å². The molecule has 0 saturated heterocycles. The molecule has 1 saturated carbocycles. The SMILES string of the molecule is Cl.Cl.O=C(CCn1ccnc1-c1cc2n(n1)CCNC2)NC1CCCCC1. The van der Waals surface area contributed by atoms with Crippen LogP contribution in [0, 0.1) is 0 Å². The standard InChI is InChI=1S/C18H26N6O.2ClH/c25-17(21-14-4-2-1-3-5-14)6-9-23-10-8-20-18(23)16-12-15-13-19-7-11-24(15)22-16;;/h8,10,12,14,19H,1-7,9,11,13H2,(H,21,25);2*1H. The van der Waals surface area contributed by atoms with E-state index in [1.54, 1.807) is 6.20 Å². The monoisotopic (exact) mass is 414 g/mol. The van der Waals surface area contributed by atoms with Gasteiger partial charge >= 0.3 is 0 Å². The molecular weight excluding hydrogens is 387 g/mol. The Morgan fingerprint density at radius 3 is 2.85 bits per heavy atom. The predicted molar refractivity (Wildman–Crippen MR) is 109 cm³/mol. The summed E-state index contributed by atoms with van der Waals surface area (Å²) in [5.41, 5.74) is 2.07. The Kier molecular flexibility index (Phi) is 8.13. The summed E-state index contributed by atoms with van der Waals surface area (Å²) in [4.78, 5) is 16.7. The predicted octanol–water partition coefficient (Wildman–Crippen LogP) is 2.53. The number of carbonyl (C=O) groups excluding carboxylic acids is 1. The molecule has 9 heteroatoms. The fraction of sp³-hybridized carbons (Fsp3) is 0.611. The molecule has 0 unspecified atom stereocenters. The van der Waals surface area contributed by atoms with Crippen LogP contribution in [0.25, 0.3) is 11.5 Å². The third kappa shape index (κ3) is 5.24. The van der Waals surface area contributed by atoms with E-state index in [2.05, 4.69) is 26.8 Å². The highest BCUT2D eigenvalue weighted by Crippen LogP contribution is 2.20. The lowest BCUT2D eigenvalue weighted by Gasteiger charge is -2.22. The van der Waals surface area contributed by atoms with E-state index in [4.69, 9.17) is 0 Å². The number of aromatic nitrogens is 4. The summed E-state index contributed by atoms with van der Waals surface area (Å²) < 4.78 is 4.07. The second-order valence-corrected chi connectivity index (χ2v) is 7.02. The highest BCUT2D eigenvalue weighted by atomic mass is 35.5. The lowest BCUT2D eigenvalue weighted by Crippen LogP contribution is -2.36. The van der Waals surface area contributed by atoms with Gasteiger partial charge in [0.15, 0.2) is 5.82 Å². The van der Waals surface area contributed by atoms with Crippen LogP contribution in [-0.2, 0) is 24.4 Å². The summed E-state index contributed by atoms with van der Waals surface area (Å²) in [6.07, 6.45) is 10.2. The molecule has 0 spiro atoms. The Hall–Kier alpha value is -1.57. The van der Waals surface area contributed by atoms with Gasteiger partial charge in [0.2, 0.25) is 5.91 Å². The number of nitrogens with one attached hydrogen (secondary N) is 2. The van der Waals surface area contributed by atoms with Crippen LogP contribution in [0.15, 0.2) is 18.5 Å². The number of halogens is 2. The van der Waals surface area contributed by atoms with Crippen molar-refractivity contribution in [3.8, 4) is 11.5 Å². The quantitative estimate of drug-likeness (QED) is 0.787. The average molecular weight is 415 g/mol. The minimum absolute atomic E-state index is 0. The van der Waals surface area contributed by atoms with Crippen molar-refractivity contribution < 1.29 is 4.79 Å². The van der Waals surface area contributed by atoms with Gasteiger partial charge < -0.3 is 15.2 Å². The smallest absolute Gasteiger partial charge is 0.222 e. The van der Waals surface area contributed by atoms with Gasteiger partial charge in [0.1, 0.15) is 5.69 Å². The highest BCUT2D eigenvalue weighted by Gasteiger charge is 2.18. The van der Waals surface area contributed by atoms with Crippen LogP contribution in [0.3, 0.4) is 0 Å². The second-order valence-electron chi connectivity index (χ2n) is 7.02. The van der Waals surface area contributed by atoms with Crippen molar-refractivity contribution in [3.63, 3.8) is 0 Å². The minimum Gasteiger partial charge on any atom is -0.353 e. The molecule has 0 bridgehead atoms. The van der Waals surface area contributed by atoms with E-state index in [0.29, 0.717) is 19.0 Å². The van der Waals surface area contributed by atoms with Gasteiger partial charge in [-0.15, -0.1) is 24.8 Å². The van der Waals surface area contributed by atoms with Gasteiger partial charge in [0.05, 0.1) is 12.2 Å². The molecule has 7 nitrogen and oxygen atoms in total. The van der Waals surface area contributed by atoms with Gasteiger partial charge in [-0.05, 0) is 18.9 Å². The van der Waals surface area contributed by atoms with Crippen molar-refractivity contribution in [3.05, 3.63) is 24.2 Å². The first-order valence-corrected chi connectivity index (χ1v) is 9.38. The lowest BCUT2D eigenvalue weighted by molar-refractivity contribution is -0.122. The number of imidazole rings is 1. The van der Waals surface area contributed by atoms with Gasteiger partial charge in [-0.3, -0.25) is 9.48 Å². The first-order valence-electron chi connectivity index (χ1n) is 9.38. The number of fused-ring (bicyclic) bond motifs is 1. The van der Waals surface area contributed by atoms with E-state index < -0.39 is 0 Å². The van der Waals surface area contributed by atoms with Crippen molar-refractivity contribution in [2.45, 2.75) is 64.2 Å². The summed E-state index contributed by atoms with van der Waals surface area (Å²) in [6.45, 7) is 3.32. The fourth-order valence-corrected chi connectivity index (χ4v) is 3.79. The van der Waals surface area contributed by atoms with Crippen molar-refractivity contribution in [1.82, 2.24) is 30.0 Å². The first-order chi connectivity index (χ1) is 12.3. The highest BCUT2D eigenvalue weighted by molar-refractivity contribution is 5.85. The molecule has 4 rings (SSSR count). The van der Waals surface area contributed by atoms with Gasteiger partial charge in [0.25, 0.3) is 0 Å². The molecule has 2 aliphatic rings. The summed E-state index contributed by atoms with van der Waals surface area (Å²) in [7, 11) is 0. The Balaban J connectivity index is 0.00000131. The third-order valence-electron chi connectivity index (χ3n) is 5.16. The van der Waals surface area contributed by atoms with E-state index >= 15 is 0 Å². The third-order valence-corrected chi connectivity index (χ3v) is 5.16. The van der Waals surface area contributed by atoms with E-state index in [9.17, 15) is 4.79 Å². The van der Waals surface area contributed by atoms with Gasteiger partial charge in [-0.2, -0.15) is 5.10 Å². The summed E-state index contributed by atoms with van der Waals surface area (Å²) >= 11 is 0. The number of hydrogen-bond acceptors (Lipinski definition) is 4. The molecule has 1 aliphatic heterocycles. The van der Waals surface area contributed by atoms with Crippen LogP contribution in [0.2, 0.25) is 0 Å².